The highest BCUT2D eigenvalue weighted by Gasteiger charge is 2.19. The maximum absolute atomic E-state index is 6.00. The highest BCUT2D eigenvalue weighted by Crippen LogP contribution is 2.16. The minimum Gasteiger partial charge on any atom is -0.306 e. The molecule has 1 aromatic heterocycles. The van der Waals surface area contributed by atoms with Crippen LogP contribution in [0.4, 0.5) is 0 Å². The van der Waals surface area contributed by atoms with Crippen molar-refractivity contribution in [3.63, 3.8) is 0 Å². The summed E-state index contributed by atoms with van der Waals surface area (Å²) in [7, 11) is 0. The Morgan fingerprint density at radius 3 is 2.80 bits per heavy atom. The lowest BCUT2D eigenvalue weighted by molar-refractivity contribution is 0.379. The Morgan fingerprint density at radius 2 is 2.27 bits per heavy atom. The highest BCUT2D eigenvalue weighted by molar-refractivity contribution is 6.31. The smallest absolute Gasteiger partial charge is 0.0634 e. The Morgan fingerprint density at radius 1 is 1.53 bits per heavy atom. The second kappa shape index (κ2) is 5.69. The maximum atomic E-state index is 6.00. The number of halogens is 2. The molecule has 2 nitrogen and oxygen atoms in total. The van der Waals surface area contributed by atoms with Crippen LogP contribution in [0.3, 0.4) is 0 Å². The van der Waals surface area contributed by atoms with Gasteiger partial charge < -0.3 is 5.32 Å². The fourth-order valence-electron chi connectivity index (χ4n) is 1.12. The van der Waals surface area contributed by atoms with Crippen LogP contribution in [0.5, 0.6) is 0 Å². The van der Waals surface area contributed by atoms with Gasteiger partial charge in [-0.3, -0.25) is 4.98 Å². The summed E-state index contributed by atoms with van der Waals surface area (Å²) >= 11 is 11.9. The molecule has 0 radical (unpaired) electrons. The van der Waals surface area contributed by atoms with Crippen molar-refractivity contribution in [1.82, 2.24) is 10.3 Å². The first-order chi connectivity index (χ1) is 7.11. The van der Waals surface area contributed by atoms with Crippen LogP contribution in [0.1, 0.15) is 25.8 Å². The second-order valence-corrected chi connectivity index (χ2v) is 4.54. The number of nitrogens with one attached hydrogen (secondary N) is 1. The molecule has 1 unspecified atom stereocenters. The molecule has 1 aromatic rings. The molecule has 0 aliphatic heterocycles. The van der Waals surface area contributed by atoms with Crippen molar-refractivity contribution >= 4 is 23.2 Å². The van der Waals surface area contributed by atoms with Gasteiger partial charge in [-0.2, -0.15) is 0 Å². The van der Waals surface area contributed by atoms with Gasteiger partial charge in [0.05, 0.1) is 5.02 Å². The third kappa shape index (κ3) is 3.63. The van der Waals surface area contributed by atoms with Gasteiger partial charge in [-0.1, -0.05) is 18.5 Å². The van der Waals surface area contributed by atoms with E-state index in [9.17, 15) is 0 Å². The molecular formula is C11H16Cl2N2. The van der Waals surface area contributed by atoms with Crippen LogP contribution in [-0.4, -0.2) is 16.4 Å². The summed E-state index contributed by atoms with van der Waals surface area (Å²) in [4.78, 5) is 3.94. The molecule has 15 heavy (non-hydrogen) atoms. The number of rotatable bonds is 5. The van der Waals surface area contributed by atoms with E-state index in [1.54, 1.807) is 12.4 Å². The molecule has 4 heteroatoms. The van der Waals surface area contributed by atoms with Gasteiger partial charge in [0.15, 0.2) is 0 Å². The van der Waals surface area contributed by atoms with Crippen molar-refractivity contribution in [3.05, 3.63) is 29.0 Å². The zero-order valence-electron chi connectivity index (χ0n) is 9.06. The predicted octanol–water partition coefficient (Wildman–Crippen LogP) is 3.23. The van der Waals surface area contributed by atoms with Crippen LogP contribution < -0.4 is 5.32 Å². The fourth-order valence-corrected chi connectivity index (χ4v) is 1.59. The Balaban J connectivity index is 2.61. The van der Waals surface area contributed by atoms with Gasteiger partial charge in [0.25, 0.3) is 0 Å². The first-order valence-corrected chi connectivity index (χ1v) is 5.92. The summed E-state index contributed by atoms with van der Waals surface area (Å²) in [5, 5.41) is 4.10. The van der Waals surface area contributed by atoms with E-state index in [1.807, 2.05) is 6.07 Å². The summed E-state index contributed by atoms with van der Waals surface area (Å²) in [5.74, 6) is 0.589. The Labute approximate surface area is 101 Å². The quantitative estimate of drug-likeness (QED) is 0.808. The number of aromatic nitrogens is 1. The molecule has 1 rings (SSSR count). The predicted molar refractivity (Wildman–Crippen MR) is 65.5 cm³/mol. The topological polar surface area (TPSA) is 24.9 Å². The molecule has 1 atom stereocenters. The largest absolute Gasteiger partial charge is 0.306 e. The van der Waals surface area contributed by atoms with E-state index >= 15 is 0 Å². The molecule has 0 fully saturated rings. The monoisotopic (exact) mass is 246 g/mol. The van der Waals surface area contributed by atoms with Crippen LogP contribution in [0.15, 0.2) is 18.5 Å². The standard InChI is InChI=1S/C11H16Cl2N2/c1-3-11(2,8-12)15-6-9-4-5-14-7-10(9)13/h4-5,7,15H,3,6,8H2,1-2H3. The summed E-state index contributed by atoms with van der Waals surface area (Å²) in [6.45, 7) is 4.94. The first kappa shape index (κ1) is 12.8. The van der Waals surface area contributed by atoms with Crippen molar-refractivity contribution in [1.29, 1.82) is 0 Å². The van der Waals surface area contributed by atoms with Gasteiger partial charge in [-0.15, -0.1) is 11.6 Å². The van der Waals surface area contributed by atoms with E-state index in [0.717, 1.165) is 18.5 Å². The Kier molecular flexibility index (Phi) is 4.84. The van der Waals surface area contributed by atoms with Crippen LogP contribution in [0.25, 0.3) is 0 Å². The minimum atomic E-state index is -0.0336. The molecule has 84 valence electrons. The van der Waals surface area contributed by atoms with Crippen LogP contribution in [0.2, 0.25) is 5.02 Å². The van der Waals surface area contributed by atoms with Crippen LogP contribution in [0, 0.1) is 0 Å². The van der Waals surface area contributed by atoms with Gasteiger partial charge in [-0.05, 0) is 25.0 Å². The molecule has 1 heterocycles. The van der Waals surface area contributed by atoms with E-state index in [4.69, 9.17) is 23.2 Å². The van der Waals surface area contributed by atoms with Crippen LogP contribution >= 0.6 is 23.2 Å². The average Bonchev–Trinajstić information content (AvgIpc) is 2.28. The lowest BCUT2D eigenvalue weighted by Crippen LogP contribution is -2.43. The zero-order valence-corrected chi connectivity index (χ0v) is 10.6. The second-order valence-electron chi connectivity index (χ2n) is 3.87. The third-order valence-electron chi connectivity index (χ3n) is 2.64. The number of alkyl halides is 1. The number of hydrogen-bond donors (Lipinski definition) is 1. The number of hydrogen-bond acceptors (Lipinski definition) is 2. The molecule has 0 aliphatic carbocycles. The van der Waals surface area contributed by atoms with Gasteiger partial charge in [-0.25, -0.2) is 0 Å². The van der Waals surface area contributed by atoms with Crippen LogP contribution in [-0.2, 0) is 6.54 Å². The first-order valence-electron chi connectivity index (χ1n) is 5.00. The Bertz CT molecular complexity index is 311. The average molecular weight is 247 g/mol. The van der Waals surface area contributed by atoms with Gasteiger partial charge in [0, 0.05) is 30.4 Å². The van der Waals surface area contributed by atoms with Gasteiger partial charge in [0.2, 0.25) is 0 Å². The Hall–Kier alpha value is -0.310. The number of nitrogens with zero attached hydrogens (tertiary/aromatic N) is 1. The molecule has 0 saturated heterocycles. The van der Waals surface area contributed by atoms with Crippen molar-refractivity contribution in [3.8, 4) is 0 Å². The third-order valence-corrected chi connectivity index (χ3v) is 3.57. The van der Waals surface area contributed by atoms with Crippen molar-refractivity contribution in [2.75, 3.05) is 5.88 Å². The van der Waals surface area contributed by atoms with E-state index in [-0.39, 0.29) is 5.54 Å². The van der Waals surface area contributed by atoms with E-state index in [1.165, 1.54) is 0 Å². The normalized spacial score (nSPS) is 14.9. The lowest BCUT2D eigenvalue weighted by atomic mass is 10.0. The van der Waals surface area contributed by atoms with Gasteiger partial charge in [0.1, 0.15) is 0 Å². The molecule has 0 bridgehead atoms. The summed E-state index contributed by atoms with van der Waals surface area (Å²) in [5.41, 5.74) is 1.02. The molecular weight excluding hydrogens is 231 g/mol. The molecule has 0 saturated carbocycles. The lowest BCUT2D eigenvalue weighted by Gasteiger charge is -2.27. The maximum Gasteiger partial charge on any atom is 0.0634 e. The highest BCUT2D eigenvalue weighted by atomic mass is 35.5. The summed E-state index contributed by atoms with van der Waals surface area (Å²) in [6.07, 6.45) is 4.38. The van der Waals surface area contributed by atoms with Crippen molar-refractivity contribution < 1.29 is 0 Å². The minimum absolute atomic E-state index is 0.0336. The fraction of sp³-hybridized carbons (Fsp3) is 0.545. The molecule has 1 N–H and O–H groups in total. The number of pyridine rings is 1. The van der Waals surface area contributed by atoms with E-state index in [0.29, 0.717) is 10.9 Å². The SMILES string of the molecule is CCC(C)(CCl)NCc1ccncc1Cl. The van der Waals surface area contributed by atoms with E-state index in [2.05, 4.69) is 24.1 Å². The van der Waals surface area contributed by atoms with Gasteiger partial charge >= 0.3 is 0 Å². The summed E-state index contributed by atoms with van der Waals surface area (Å²) < 4.78 is 0. The van der Waals surface area contributed by atoms with Crippen molar-refractivity contribution in [2.45, 2.75) is 32.4 Å². The molecule has 0 amide bonds. The van der Waals surface area contributed by atoms with E-state index < -0.39 is 0 Å². The summed E-state index contributed by atoms with van der Waals surface area (Å²) in [6, 6.07) is 1.92. The molecule has 0 spiro atoms. The zero-order chi connectivity index (χ0) is 11.3. The molecule has 0 aromatic carbocycles. The molecule has 0 aliphatic rings. The van der Waals surface area contributed by atoms with Crippen molar-refractivity contribution in [2.24, 2.45) is 0 Å².